The largest absolute Gasteiger partial charge is 0.444 e. The quantitative estimate of drug-likeness (QED) is 0.825. The van der Waals surface area contributed by atoms with E-state index in [4.69, 9.17) is 10.5 Å². The standard InChI is InChI=1S/C13H26N2O2/c1-10(8-14)7-11-5-6-15(9-11)12(16)17-13(2,3)4/h10-11H,5-9,14H2,1-4H3. The zero-order chi connectivity index (χ0) is 13.1. The Morgan fingerprint density at radius 2 is 2.18 bits per heavy atom. The summed E-state index contributed by atoms with van der Waals surface area (Å²) in [5.41, 5.74) is 5.22. The first kappa shape index (κ1) is 14.3. The molecule has 0 aromatic carbocycles. The molecule has 1 rings (SSSR count). The van der Waals surface area contributed by atoms with Crippen LogP contribution in [0.25, 0.3) is 0 Å². The number of hydrogen-bond donors (Lipinski definition) is 1. The molecular weight excluding hydrogens is 216 g/mol. The minimum atomic E-state index is -0.403. The van der Waals surface area contributed by atoms with E-state index in [0.29, 0.717) is 11.8 Å². The number of nitrogens with zero attached hydrogens (tertiary/aromatic N) is 1. The number of ether oxygens (including phenoxy) is 1. The SMILES string of the molecule is CC(CN)CC1CCN(C(=O)OC(C)(C)C)C1. The second-order valence-corrected chi connectivity index (χ2v) is 6.16. The van der Waals surface area contributed by atoms with Gasteiger partial charge in [-0.25, -0.2) is 4.79 Å². The van der Waals surface area contributed by atoms with Crippen LogP contribution in [0.1, 0.15) is 40.5 Å². The average Bonchev–Trinajstić information content (AvgIpc) is 2.63. The molecule has 0 aromatic rings. The molecule has 4 nitrogen and oxygen atoms in total. The molecule has 0 spiro atoms. The van der Waals surface area contributed by atoms with Gasteiger partial charge in [-0.05, 0) is 52.0 Å². The minimum absolute atomic E-state index is 0.180. The van der Waals surface area contributed by atoms with Crippen molar-refractivity contribution in [3.8, 4) is 0 Å². The van der Waals surface area contributed by atoms with Crippen molar-refractivity contribution in [2.45, 2.75) is 46.1 Å². The number of amides is 1. The Labute approximate surface area is 104 Å². The molecule has 0 saturated carbocycles. The van der Waals surface area contributed by atoms with E-state index in [2.05, 4.69) is 6.92 Å². The highest BCUT2D eigenvalue weighted by molar-refractivity contribution is 5.68. The molecular formula is C13H26N2O2. The molecule has 1 amide bonds. The topological polar surface area (TPSA) is 55.6 Å². The number of rotatable bonds is 3. The van der Waals surface area contributed by atoms with Crippen LogP contribution in [-0.4, -0.2) is 36.2 Å². The Morgan fingerprint density at radius 1 is 1.53 bits per heavy atom. The van der Waals surface area contributed by atoms with Crippen LogP contribution in [0.2, 0.25) is 0 Å². The first-order valence-electron chi connectivity index (χ1n) is 6.50. The lowest BCUT2D eigenvalue weighted by Crippen LogP contribution is -2.35. The van der Waals surface area contributed by atoms with Crippen LogP contribution in [-0.2, 0) is 4.74 Å². The number of likely N-dealkylation sites (tertiary alicyclic amines) is 1. The Balaban J connectivity index is 2.37. The third kappa shape index (κ3) is 4.94. The molecule has 1 heterocycles. The molecule has 0 radical (unpaired) electrons. The monoisotopic (exact) mass is 242 g/mol. The number of nitrogens with two attached hydrogens (primary N) is 1. The lowest BCUT2D eigenvalue weighted by molar-refractivity contribution is 0.0286. The van der Waals surface area contributed by atoms with Gasteiger partial charge in [0.05, 0.1) is 0 Å². The van der Waals surface area contributed by atoms with E-state index in [9.17, 15) is 4.79 Å². The maximum Gasteiger partial charge on any atom is 0.410 e. The zero-order valence-electron chi connectivity index (χ0n) is 11.5. The summed E-state index contributed by atoms with van der Waals surface area (Å²) >= 11 is 0. The summed E-state index contributed by atoms with van der Waals surface area (Å²) in [5.74, 6) is 1.12. The fourth-order valence-corrected chi connectivity index (χ4v) is 2.18. The number of carbonyl (C=O) groups excluding carboxylic acids is 1. The highest BCUT2D eigenvalue weighted by Gasteiger charge is 2.30. The molecule has 2 N–H and O–H groups in total. The van der Waals surface area contributed by atoms with Crippen molar-refractivity contribution < 1.29 is 9.53 Å². The van der Waals surface area contributed by atoms with Gasteiger partial charge in [-0.15, -0.1) is 0 Å². The van der Waals surface area contributed by atoms with E-state index in [1.54, 1.807) is 0 Å². The van der Waals surface area contributed by atoms with Crippen LogP contribution in [0.3, 0.4) is 0 Å². The van der Waals surface area contributed by atoms with Crippen LogP contribution < -0.4 is 5.73 Å². The van der Waals surface area contributed by atoms with Crippen molar-refractivity contribution in [2.24, 2.45) is 17.6 Å². The molecule has 100 valence electrons. The predicted octanol–water partition coefficient (Wildman–Crippen LogP) is 2.23. The summed E-state index contributed by atoms with van der Waals surface area (Å²) in [6.45, 7) is 10.2. The van der Waals surface area contributed by atoms with Gasteiger partial charge in [0.25, 0.3) is 0 Å². The van der Waals surface area contributed by atoms with Gasteiger partial charge < -0.3 is 15.4 Å². The predicted molar refractivity (Wildman–Crippen MR) is 68.7 cm³/mol. The molecule has 1 aliphatic heterocycles. The van der Waals surface area contributed by atoms with Gasteiger partial charge >= 0.3 is 6.09 Å². The normalized spacial score (nSPS) is 22.6. The van der Waals surface area contributed by atoms with Crippen LogP contribution in [0, 0.1) is 11.8 Å². The van der Waals surface area contributed by atoms with E-state index in [1.807, 2.05) is 25.7 Å². The van der Waals surface area contributed by atoms with E-state index in [-0.39, 0.29) is 6.09 Å². The Kier molecular flexibility index (Phi) is 4.80. The summed E-state index contributed by atoms with van der Waals surface area (Å²) in [7, 11) is 0. The highest BCUT2D eigenvalue weighted by Crippen LogP contribution is 2.24. The first-order valence-corrected chi connectivity index (χ1v) is 6.50. The van der Waals surface area contributed by atoms with Crippen LogP contribution in [0.15, 0.2) is 0 Å². The summed E-state index contributed by atoms with van der Waals surface area (Å²) in [4.78, 5) is 13.7. The van der Waals surface area contributed by atoms with Crippen molar-refractivity contribution in [3.63, 3.8) is 0 Å². The highest BCUT2D eigenvalue weighted by atomic mass is 16.6. The van der Waals surface area contributed by atoms with Crippen molar-refractivity contribution in [1.29, 1.82) is 0 Å². The molecule has 4 heteroatoms. The maximum atomic E-state index is 11.8. The van der Waals surface area contributed by atoms with E-state index in [0.717, 1.165) is 32.5 Å². The Bertz CT molecular complexity index is 261. The molecule has 1 aliphatic rings. The lowest BCUT2D eigenvalue weighted by atomic mass is 9.95. The summed E-state index contributed by atoms with van der Waals surface area (Å²) in [5, 5.41) is 0. The van der Waals surface area contributed by atoms with Crippen molar-refractivity contribution in [3.05, 3.63) is 0 Å². The molecule has 0 bridgehead atoms. The number of carbonyl (C=O) groups is 1. The molecule has 0 aromatic heterocycles. The molecule has 1 saturated heterocycles. The smallest absolute Gasteiger partial charge is 0.410 e. The van der Waals surface area contributed by atoms with E-state index >= 15 is 0 Å². The van der Waals surface area contributed by atoms with Crippen molar-refractivity contribution in [1.82, 2.24) is 4.90 Å². The second-order valence-electron chi connectivity index (χ2n) is 6.16. The van der Waals surface area contributed by atoms with Crippen molar-refractivity contribution in [2.75, 3.05) is 19.6 Å². The van der Waals surface area contributed by atoms with Gasteiger partial charge in [0.2, 0.25) is 0 Å². The summed E-state index contributed by atoms with van der Waals surface area (Å²) in [6.07, 6.45) is 2.00. The maximum absolute atomic E-state index is 11.8. The molecule has 17 heavy (non-hydrogen) atoms. The van der Waals surface area contributed by atoms with E-state index < -0.39 is 5.60 Å². The van der Waals surface area contributed by atoms with Gasteiger partial charge in [0.15, 0.2) is 0 Å². The van der Waals surface area contributed by atoms with Gasteiger partial charge in [0.1, 0.15) is 5.60 Å². The second kappa shape index (κ2) is 5.71. The lowest BCUT2D eigenvalue weighted by Gasteiger charge is -2.24. The Hall–Kier alpha value is -0.770. The average molecular weight is 242 g/mol. The van der Waals surface area contributed by atoms with Crippen molar-refractivity contribution >= 4 is 6.09 Å². The molecule has 0 aliphatic carbocycles. The number of hydrogen-bond acceptors (Lipinski definition) is 3. The fourth-order valence-electron chi connectivity index (χ4n) is 2.18. The van der Waals surface area contributed by atoms with Gasteiger partial charge in [-0.2, -0.15) is 0 Å². The van der Waals surface area contributed by atoms with Gasteiger partial charge in [0, 0.05) is 13.1 Å². The first-order chi connectivity index (χ1) is 7.81. The third-order valence-electron chi connectivity index (χ3n) is 3.08. The Morgan fingerprint density at radius 3 is 2.71 bits per heavy atom. The fraction of sp³-hybridized carbons (Fsp3) is 0.923. The van der Waals surface area contributed by atoms with E-state index in [1.165, 1.54) is 0 Å². The molecule has 2 unspecified atom stereocenters. The van der Waals surface area contributed by atoms with Crippen LogP contribution >= 0.6 is 0 Å². The zero-order valence-corrected chi connectivity index (χ0v) is 11.5. The van der Waals surface area contributed by atoms with Crippen LogP contribution in [0.4, 0.5) is 4.79 Å². The van der Waals surface area contributed by atoms with Gasteiger partial charge in [-0.3, -0.25) is 0 Å². The minimum Gasteiger partial charge on any atom is -0.444 e. The summed E-state index contributed by atoms with van der Waals surface area (Å²) in [6, 6.07) is 0. The third-order valence-corrected chi connectivity index (χ3v) is 3.08. The molecule has 2 atom stereocenters. The van der Waals surface area contributed by atoms with Gasteiger partial charge in [-0.1, -0.05) is 6.92 Å². The molecule has 1 fully saturated rings. The summed E-state index contributed by atoms with van der Waals surface area (Å²) < 4.78 is 5.36. The van der Waals surface area contributed by atoms with Crippen LogP contribution in [0.5, 0.6) is 0 Å².